The van der Waals surface area contributed by atoms with Crippen LogP contribution in [0.3, 0.4) is 0 Å². The van der Waals surface area contributed by atoms with Gasteiger partial charge in [-0.1, -0.05) is 0 Å². The number of carbonyl (C=O) groups excluding carboxylic acids is 3. The van der Waals surface area contributed by atoms with E-state index in [9.17, 15) is 14.4 Å². The fourth-order valence-electron chi connectivity index (χ4n) is 2.40. The zero-order chi connectivity index (χ0) is 16.8. The van der Waals surface area contributed by atoms with Crippen molar-refractivity contribution in [1.29, 1.82) is 0 Å². The Kier molecular flexibility index (Phi) is 5.56. The van der Waals surface area contributed by atoms with Crippen LogP contribution in [0.2, 0.25) is 0 Å². The van der Waals surface area contributed by atoms with Crippen LogP contribution < -0.4 is 10.2 Å². The Hall–Kier alpha value is -2.57. The summed E-state index contributed by atoms with van der Waals surface area (Å²) in [5, 5.41) is 2.52. The van der Waals surface area contributed by atoms with E-state index in [4.69, 9.17) is 4.74 Å². The molecule has 0 unspecified atom stereocenters. The van der Waals surface area contributed by atoms with Crippen molar-refractivity contribution < 1.29 is 19.1 Å². The van der Waals surface area contributed by atoms with Gasteiger partial charge < -0.3 is 15.0 Å². The predicted octanol–water partition coefficient (Wildman–Crippen LogP) is 1.24. The molecule has 1 N–H and O–H groups in total. The first-order chi connectivity index (χ1) is 11.1. The first-order valence-corrected chi connectivity index (χ1v) is 7.67. The van der Waals surface area contributed by atoms with E-state index in [0.717, 1.165) is 23.7 Å². The molecule has 0 bridgehead atoms. The van der Waals surface area contributed by atoms with Crippen LogP contribution in [0.15, 0.2) is 24.3 Å². The average Bonchev–Trinajstić information content (AvgIpc) is 3.00. The highest BCUT2D eigenvalue weighted by Gasteiger charge is 2.26. The van der Waals surface area contributed by atoms with Crippen molar-refractivity contribution in [3.63, 3.8) is 0 Å². The molecule has 0 atom stereocenters. The Labute approximate surface area is 135 Å². The quantitative estimate of drug-likeness (QED) is 0.798. The maximum Gasteiger partial charge on any atom is 0.338 e. The number of esters is 1. The largest absolute Gasteiger partial charge is 0.452 e. The molecule has 1 aromatic rings. The summed E-state index contributed by atoms with van der Waals surface area (Å²) in [7, 11) is 0. The Bertz CT molecular complexity index is 581. The zero-order valence-corrected chi connectivity index (χ0v) is 13.4. The number of hydrogen-bond acceptors (Lipinski definition) is 5. The lowest BCUT2D eigenvalue weighted by molar-refractivity contribution is -0.130. The molecule has 1 aromatic carbocycles. The smallest absolute Gasteiger partial charge is 0.338 e. The third-order valence-electron chi connectivity index (χ3n) is 3.72. The molecule has 124 valence electrons. The molecule has 1 aliphatic heterocycles. The molecule has 0 aliphatic carbocycles. The maximum absolute atomic E-state index is 12.0. The highest BCUT2D eigenvalue weighted by Crippen LogP contribution is 2.15. The number of hydrogen-bond donors (Lipinski definition) is 1. The topological polar surface area (TPSA) is 79.0 Å². The number of anilines is 1. The number of ether oxygens (including phenoxy) is 1. The summed E-state index contributed by atoms with van der Waals surface area (Å²) in [6, 6.07) is 6.58. The maximum atomic E-state index is 12.0. The minimum Gasteiger partial charge on any atom is -0.452 e. The van der Waals surface area contributed by atoms with E-state index < -0.39 is 24.5 Å². The Balaban J connectivity index is 1.90. The third kappa shape index (κ3) is 4.00. The normalized spacial score (nSPS) is 13.7. The highest BCUT2D eigenvalue weighted by atomic mass is 16.5. The van der Waals surface area contributed by atoms with E-state index in [1.165, 1.54) is 0 Å². The minimum absolute atomic E-state index is 0.299. The van der Waals surface area contributed by atoms with Crippen LogP contribution in [-0.2, 0) is 9.53 Å². The van der Waals surface area contributed by atoms with Crippen LogP contribution in [0.4, 0.5) is 10.5 Å². The van der Waals surface area contributed by atoms with Crippen molar-refractivity contribution in [3.05, 3.63) is 29.8 Å². The van der Waals surface area contributed by atoms with Gasteiger partial charge in [0.1, 0.15) is 0 Å². The van der Waals surface area contributed by atoms with Gasteiger partial charge in [0.25, 0.3) is 5.91 Å². The van der Waals surface area contributed by atoms with Crippen molar-refractivity contribution in [2.24, 2.45) is 0 Å². The van der Waals surface area contributed by atoms with Crippen LogP contribution in [0.5, 0.6) is 0 Å². The predicted molar refractivity (Wildman–Crippen MR) is 85.4 cm³/mol. The standard InChI is InChI=1S/C16H21N3O4/c1-3-18(4-2)13-7-5-12(6-8-13)15(21)23-11-14(20)19-10-9-17-16(19)22/h5-8H,3-4,9-11H2,1-2H3,(H,17,22). The van der Waals surface area contributed by atoms with Gasteiger partial charge >= 0.3 is 12.0 Å². The molecule has 0 aromatic heterocycles. The molecular formula is C16H21N3O4. The van der Waals surface area contributed by atoms with Crippen LogP contribution in [0.25, 0.3) is 0 Å². The van der Waals surface area contributed by atoms with Crippen LogP contribution in [0.1, 0.15) is 24.2 Å². The van der Waals surface area contributed by atoms with Crippen molar-refractivity contribution in [3.8, 4) is 0 Å². The van der Waals surface area contributed by atoms with E-state index in [1.807, 2.05) is 12.1 Å². The molecule has 7 heteroatoms. The lowest BCUT2D eigenvalue weighted by atomic mass is 10.2. The van der Waals surface area contributed by atoms with Gasteiger partial charge in [-0.3, -0.25) is 9.69 Å². The molecule has 3 amide bonds. The highest BCUT2D eigenvalue weighted by molar-refractivity contribution is 5.98. The molecule has 23 heavy (non-hydrogen) atoms. The second kappa shape index (κ2) is 7.62. The fourth-order valence-corrected chi connectivity index (χ4v) is 2.40. The fraction of sp³-hybridized carbons (Fsp3) is 0.438. The van der Waals surface area contributed by atoms with Crippen molar-refractivity contribution in [1.82, 2.24) is 10.2 Å². The van der Waals surface area contributed by atoms with E-state index >= 15 is 0 Å². The van der Waals surface area contributed by atoms with E-state index in [-0.39, 0.29) is 0 Å². The number of rotatable bonds is 6. The van der Waals surface area contributed by atoms with Crippen LogP contribution in [0, 0.1) is 0 Å². The van der Waals surface area contributed by atoms with Gasteiger partial charge in [0.05, 0.1) is 5.56 Å². The molecule has 0 radical (unpaired) electrons. The second-order valence-corrected chi connectivity index (χ2v) is 5.07. The number of nitrogens with one attached hydrogen (secondary N) is 1. The number of nitrogens with zero attached hydrogens (tertiary/aromatic N) is 2. The Morgan fingerprint density at radius 2 is 1.87 bits per heavy atom. The molecule has 0 saturated carbocycles. The van der Waals surface area contributed by atoms with Crippen LogP contribution in [-0.4, -0.2) is 55.6 Å². The number of carbonyl (C=O) groups is 3. The summed E-state index contributed by atoms with van der Waals surface area (Å²) < 4.78 is 4.98. The number of amides is 3. The summed E-state index contributed by atoms with van der Waals surface area (Å²) >= 11 is 0. The molecule has 1 fully saturated rings. The van der Waals surface area contributed by atoms with Crippen LogP contribution >= 0.6 is 0 Å². The second-order valence-electron chi connectivity index (χ2n) is 5.07. The summed E-state index contributed by atoms with van der Waals surface area (Å²) in [5.41, 5.74) is 1.40. The van der Waals surface area contributed by atoms with E-state index in [2.05, 4.69) is 24.1 Å². The zero-order valence-electron chi connectivity index (χ0n) is 13.4. The molecular weight excluding hydrogens is 298 g/mol. The first kappa shape index (κ1) is 16.8. The van der Waals surface area contributed by atoms with Gasteiger partial charge in [0, 0.05) is 31.9 Å². The van der Waals surface area contributed by atoms with Gasteiger partial charge in [-0.15, -0.1) is 0 Å². The number of imide groups is 1. The van der Waals surface area contributed by atoms with Gasteiger partial charge in [-0.05, 0) is 38.1 Å². The number of benzene rings is 1. The molecule has 7 nitrogen and oxygen atoms in total. The van der Waals surface area contributed by atoms with E-state index in [0.29, 0.717) is 18.7 Å². The third-order valence-corrected chi connectivity index (χ3v) is 3.72. The lowest BCUT2D eigenvalue weighted by Crippen LogP contribution is -2.37. The minimum atomic E-state index is -0.580. The van der Waals surface area contributed by atoms with E-state index in [1.54, 1.807) is 12.1 Å². The average molecular weight is 319 g/mol. The molecule has 1 saturated heterocycles. The SMILES string of the molecule is CCN(CC)c1ccc(C(=O)OCC(=O)N2CCNC2=O)cc1. The summed E-state index contributed by atoms with van der Waals surface area (Å²) in [5.74, 6) is -1.10. The number of urea groups is 1. The van der Waals surface area contributed by atoms with Gasteiger partial charge in [0.2, 0.25) is 0 Å². The van der Waals surface area contributed by atoms with Gasteiger partial charge in [-0.25, -0.2) is 9.59 Å². The summed E-state index contributed by atoms with van der Waals surface area (Å²) in [6.07, 6.45) is 0. The van der Waals surface area contributed by atoms with Crippen molar-refractivity contribution >= 4 is 23.6 Å². The monoisotopic (exact) mass is 319 g/mol. The van der Waals surface area contributed by atoms with Crippen molar-refractivity contribution in [2.75, 3.05) is 37.7 Å². The Morgan fingerprint density at radius 1 is 1.22 bits per heavy atom. The molecule has 1 aliphatic rings. The van der Waals surface area contributed by atoms with Crippen molar-refractivity contribution in [2.45, 2.75) is 13.8 Å². The molecule has 0 spiro atoms. The van der Waals surface area contributed by atoms with Gasteiger partial charge in [0.15, 0.2) is 6.61 Å². The van der Waals surface area contributed by atoms with Gasteiger partial charge in [-0.2, -0.15) is 0 Å². The lowest BCUT2D eigenvalue weighted by Gasteiger charge is -2.21. The molecule has 2 rings (SSSR count). The summed E-state index contributed by atoms with van der Waals surface area (Å²) in [4.78, 5) is 38.3. The molecule has 1 heterocycles. The summed E-state index contributed by atoms with van der Waals surface area (Å²) in [6.45, 7) is 6.17. The first-order valence-electron chi connectivity index (χ1n) is 7.67. The Morgan fingerprint density at radius 3 is 2.39 bits per heavy atom.